The van der Waals surface area contributed by atoms with Crippen LogP contribution in [0.25, 0.3) is 0 Å². The van der Waals surface area contributed by atoms with E-state index in [0.29, 0.717) is 30.0 Å². The fraction of sp³-hybridized carbons (Fsp3) is 0.467. The first-order valence-electron chi connectivity index (χ1n) is 6.68. The highest BCUT2D eigenvalue weighted by atomic mass is 16.5. The monoisotopic (exact) mass is 259 g/mol. The van der Waals surface area contributed by atoms with Crippen molar-refractivity contribution in [3.05, 3.63) is 29.3 Å². The molecule has 0 fully saturated rings. The fourth-order valence-corrected chi connectivity index (χ4v) is 2.45. The van der Waals surface area contributed by atoms with Crippen LogP contribution in [-0.2, 0) is 0 Å². The van der Waals surface area contributed by atoms with Crippen LogP contribution in [0, 0.1) is 17.2 Å². The van der Waals surface area contributed by atoms with E-state index in [-0.39, 0.29) is 5.84 Å². The predicted molar refractivity (Wildman–Crippen MR) is 78.1 cm³/mol. The molecule has 1 aromatic carbocycles. The van der Waals surface area contributed by atoms with Gasteiger partial charge in [-0.25, -0.2) is 4.99 Å². The number of ether oxygens (including phenoxy) is 1. The normalized spacial score (nSPS) is 15.4. The molecule has 1 heterocycles. The van der Waals surface area contributed by atoms with E-state index in [4.69, 9.17) is 15.9 Å². The summed E-state index contributed by atoms with van der Waals surface area (Å²) >= 11 is 0. The average molecular weight is 259 g/mol. The number of nitrogens with one attached hydrogen (secondary N) is 1. The van der Waals surface area contributed by atoms with Crippen molar-refractivity contribution in [1.82, 2.24) is 0 Å². The van der Waals surface area contributed by atoms with E-state index in [9.17, 15) is 0 Å². The number of hydrogen-bond acceptors (Lipinski definition) is 3. The summed E-state index contributed by atoms with van der Waals surface area (Å²) in [4.78, 5) is 3.99. The zero-order chi connectivity index (χ0) is 14.0. The Labute approximate surface area is 114 Å². The zero-order valence-corrected chi connectivity index (χ0v) is 11.7. The van der Waals surface area contributed by atoms with E-state index in [2.05, 4.69) is 25.8 Å². The van der Waals surface area contributed by atoms with Gasteiger partial charge in [0, 0.05) is 5.56 Å². The molecule has 0 saturated carbocycles. The Morgan fingerprint density at radius 1 is 1.32 bits per heavy atom. The quantitative estimate of drug-likeness (QED) is 0.853. The Kier molecular flexibility index (Phi) is 3.88. The molecule has 1 atom stereocenters. The molecule has 3 N–H and O–H groups in total. The molecule has 0 bridgehead atoms. The van der Waals surface area contributed by atoms with Gasteiger partial charge in [0.2, 0.25) is 0 Å². The van der Waals surface area contributed by atoms with Gasteiger partial charge < -0.3 is 10.5 Å². The van der Waals surface area contributed by atoms with Gasteiger partial charge in [-0.2, -0.15) is 0 Å². The van der Waals surface area contributed by atoms with Crippen molar-refractivity contribution in [3.63, 3.8) is 0 Å². The van der Waals surface area contributed by atoms with Gasteiger partial charge >= 0.3 is 0 Å². The Morgan fingerprint density at radius 2 is 2.05 bits per heavy atom. The molecule has 19 heavy (non-hydrogen) atoms. The van der Waals surface area contributed by atoms with Gasteiger partial charge in [0.1, 0.15) is 11.6 Å². The lowest BCUT2D eigenvalue weighted by Crippen LogP contribution is -2.13. The summed E-state index contributed by atoms with van der Waals surface area (Å²) < 4.78 is 5.86. The molecule has 0 aliphatic carbocycles. The van der Waals surface area contributed by atoms with Crippen LogP contribution < -0.4 is 10.5 Å². The van der Waals surface area contributed by atoms with Crippen LogP contribution in [0.4, 0.5) is 0 Å². The lowest BCUT2D eigenvalue weighted by Gasteiger charge is -2.16. The second kappa shape index (κ2) is 5.43. The number of fused-ring (bicyclic) bond motifs is 1. The SMILES string of the molecule is CC(C)CC(C)COc1cccc2c1C(=N)N=C2N. The number of amidine groups is 2. The minimum Gasteiger partial charge on any atom is -0.493 e. The van der Waals surface area contributed by atoms with E-state index < -0.39 is 0 Å². The Hall–Kier alpha value is -1.84. The summed E-state index contributed by atoms with van der Waals surface area (Å²) in [6.07, 6.45) is 1.13. The van der Waals surface area contributed by atoms with E-state index in [1.165, 1.54) is 0 Å². The van der Waals surface area contributed by atoms with Crippen LogP contribution in [0.1, 0.15) is 38.3 Å². The van der Waals surface area contributed by atoms with Gasteiger partial charge in [0.25, 0.3) is 0 Å². The van der Waals surface area contributed by atoms with Crippen molar-refractivity contribution in [1.29, 1.82) is 5.41 Å². The number of nitrogens with zero attached hydrogens (tertiary/aromatic N) is 1. The third kappa shape index (κ3) is 2.95. The summed E-state index contributed by atoms with van der Waals surface area (Å²) in [5, 5.41) is 7.85. The van der Waals surface area contributed by atoms with Gasteiger partial charge in [0.15, 0.2) is 5.84 Å². The zero-order valence-electron chi connectivity index (χ0n) is 11.7. The van der Waals surface area contributed by atoms with Crippen LogP contribution in [-0.4, -0.2) is 18.3 Å². The van der Waals surface area contributed by atoms with Gasteiger partial charge in [-0.1, -0.05) is 32.9 Å². The summed E-state index contributed by atoms with van der Waals surface area (Å²) in [5.74, 6) is 2.46. The van der Waals surface area contributed by atoms with Crippen molar-refractivity contribution in [3.8, 4) is 5.75 Å². The topological polar surface area (TPSA) is 71.5 Å². The molecule has 2 rings (SSSR count). The molecule has 0 saturated heterocycles. The van der Waals surface area contributed by atoms with Gasteiger partial charge in [-0.15, -0.1) is 0 Å². The number of aliphatic imine (C=N–C) groups is 1. The minimum atomic E-state index is 0.194. The maximum Gasteiger partial charge on any atom is 0.158 e. The maximum absolute atomic E-state index is 7.85. The van der Waals surface area contributed by atoms with Gasteiger partial charge in [0.05, 0.1) is 12.2 Å². The first-order chi connectivity index (χ1) is 8.99. The highest BCUT2D eigenvalue weighted by molar-refractivity contribution is 6.22. The van der Waals surface area contributed by atoms with E-state index in [1.807, 2.05) is 18.2 Å². The Bertz CT molecular complexity index is 520. The molecular weight excluding hydrogens is 238 g/mol. The standard InChI is InChI=1S/C15H21N3O/c1-9(2)7-10(3)8-19-12-6-4-5-11-13(12)15(17)18-14(11)16/h4-6,9-10H,7-8H2,1-3H3,(H3,16,17,18). The lowest BCUT2D eigenvalue weighted by atomic mass is 10.00. The first-order valence-corrected chi connectivity index (χ1v) is 6.68. The molecular formula is C15H21N3O. The predicted octanol–water partition coefficient (Wildman–Crippen LogP) is 2.79. The summed E-state index contributed by atoms with van der Waals surface area (Å²) in [7, 11) is 0. The third-order valence-corrected chi connectivity index (χ3v) is 3.17. The van der Waals surface area contributed by atoms with Crippen molar-refractivity contribution in [2.45, 2.75) is 27.2 Å². The number of benzene rings is 1. The number of hydrogen-bond donors (Lipinski definition) is 2. The number of rotatable bonds is 5. The highest BCUT2D eigenvalue weighted by Gasteiger charge is 2.22. The Balaban J connectivity index is 2.10. The molecule has 4 nitrogen and oxygen atoms in total. The molecule has 0 amide bonds. The summed E-state index contributed by atoms with van der Waals surface area (Å²) in [6, 6.07) is 5.64. The summed E-state index contributed by atoms with van der Waals surface area (Å²) in [5.41, 5.74) is 7.30. The van der Waals surface area contributed by atoms with Crippen LogP contribution >= 0.6 is 0 Å². The van der Waals surface area contributed by atoms with Crippen LogP contribution in [0.15, 0.2) is 23.2 Å². The molecule has 0 radical (unpaired) electrons. The van der Waals surface area contributed by atoms with Gasteiger partial charge in [-0.05, 0) is 24.3 Å². The molecule has 0 aromatic heterocycles. The van der Waals surface area contributed by atoms with Crippen molar-refractivity contribution in [2.24, 2.45) is 22.6 Å². The van der Waals surface area contributed by atoms with E-state index >= 15 is 0 Å². The number of nitrogens with two attached hydrogens (primary N) is 1. The van der Waals surface area contributed by atoms with Crippen molar-refractivity contribution >= 4 is 11.7 Å². The highest BCUT2D eigenvalue weighted by Crippen LogP contribution is 2.28. The molecule has 1 aromatic rings. The third-order valence-electron chi connectivity index (χ3n) is 3.17. The molecule has 0 spiro atoms. The average Bonchev–Trinajstić information content (AvgIpc) is 2.62. The van der Waals surface area contributed by atoms with Crippen LogP contribution in [0.2, 0.25) is 0 Å². The first kappa shape index (κ1) is 13.6. The largest absolute Gasteiger partial charge is 0.493 e. The van der Waals surface area contributed by atoms with Crippen molar-refractivity contribution in [2.75, 3.05) is 6.61 Å². The molecule has 102 valence electrons. The van der Waals surface area contributed by atoms with E-state index in [0.717, 1.165) is 17.5 Å². The second-order valence-electron chi connectivity index (χ2n) is 5.57. The Morgan fingerprint density at radius 3 is 2.74 bits per heavy atom. The van der Waals surface area contributed by atoms with Crippen molar-refractivity contribution < 1.29 is 4.74 Å². The molecule has 1 aliphatic heterocycles. The smallest absolute Gasteiger partial charge is 0.158 e. The molecule has 1 unspecified atom stereocenters. The lowest BCUT2D eigenvalue weighted by molar-refractivity contribution is 0.238. The van der Waals surface area contributed by atoms with E-state index in [1.54, 1.807) is 0 Å². The van der Waals surface area contributed by atoms with Gasteiger partial charge in [-0.3, -0.25) is 5.41 Å². The second-order valence-corrected chi connectivity index (χ2v) is 5.57. The van der Waals surface area contributed by atoms with Crippen LogP contribution in [0.3, 0.4) is 0 Å². The maximum atomic E-state index is 7.85. The fourth-order valence-electron chi connectivity index (χ4n) is 2.45. The molecule has 1 aliphatic rings. The summed E-state index contributed by atoms with van der Waals surface area (Å²) in [6.45, 7) is 7.25. The minimum absolute atomic E-state index is 0.194. The molecule has 4 heteroatoms. The van der Waals surface area contributed by atoms with Crippen LogP contribution in [0.5, 0.6) is 5.75 Å².